The van der Waals surface area contributed by atoms with E-state index in [1.165, 1.54) is 0 Å². The summed E-state index contributed by atoms with van der Waals surface area (Å²) in [6.45, 7) is 5.77. The van der Waals surface area contributed by atoms with Crippen molar-refractivity contribution in [1.29, 1.82) is 0 Å². The molecule has 1 unspecified atom stereocenters. The Kier molecular flexibility index (Phi) is 5.12. The van der Waals surface area contributed by atoms with Crippen LogP contribution in [0.25, 0.3) is 11.2 Å². The monoisotopic (exact) mass is 389 g/mol. The van der Waals surface area contributed by atoms with Crippen LogP contribution >= 0.6 is 11.6 Å². The number of hydrogen-bond donors (Lipinski definition) is 4. The number of aliphatic hydroxyl groups is 1. The van der Waals surface area contributed by atoms with Gasteiger partial charge in [0.15, 0.2) is 17.0 Å². The summed E-state index contributed by atoms with van der Waals surface area (Å²) in [5.74, 6) is 0.979. The molecule has 27 heavy (non-hydrogen) atoms. The molecular formula is C18H24ClN7O. The van der Waals surface area contributed by atoms with Crippen molar-refractivity contribution < 1.29 is 5.11 Å². The van der Waals surface area contributed by atoms with E-state index in [4.69, 9.17) is 17.3 Å². The lowest BCUT2D eigenvalue weighted by molar-refractivity contribution is 0.0646. The Morgan fingerprint density at radius 3 is 2.78 bits per heavy atom. The largest absolute Gasteiger partial charge is 0.398 e. The predicted octanol–water partition coefficient (Wildman–Crippen LogP) is 2.78. The highest BCUT2D eigenvalue weighted by molar-refractivity contribution is 6.30. The fourth-order valence-electron chi connectivity index (χ4n) is 2.47. The van der Waals surface area contributed by atoms with E-state index in [2.05, 4.69) is 25.6 Å². The second-order valence-corrected chi connectivity index (χ2v) is 7.58. The van der Waals surface area contributed by atoms with Crippen molar-refractivity contribution in [2.45, 2.75) is 39.0 Å². The second-order valence-electron chi connectivity index (χ2n) is 7.14. The SMILES string of the molecule is CC(Nc1nc(NCc2cc(Cl)ccc2N)c2ncn(C)c2n1)C(C)(C)O. The van der Waals surface area contributed by atoms with E-state index in [1.807, 2.05) is 24.6 Å². The van der Waals surface area contributed by atoms with Gasteiger partial charge in [-0.1, -0.05) is 11.6 Å². The van der Waals surface area contributed by atoms with Crippen molar-refractivity contribution in [3.05, 3.63) is 35.1 Å². The van der Waals surface area contributed by atoms with Gasteiger partial charge in [0.25, 0.3) is 0 Å². The Bertz CT molecular complexity index is 964. The Balaban J connectivity index is 1.92. The third kappa shape index (κ3) is 4.23. The number of aromatic nitrogens is 4. The number of aryl methyl sites for hydroxylation is 1. The van der Waals surface area contributed by atoms with Crippen LogP contribution in [0, 0.1) is 0 Å². The summed E-state index contributed by atoms with van der Waals surface area (Å²) in [7, 11) is 1.87. The number of halogens is 1. The van der Waals surface area contributed by atoms with Gasteiger partial charge in [-0.25, -0.2) is 4.98 Å². The number of anilines is 3. The highest BCUT2D eigenvalue weighted by Gasteiger charge is 2.23. The average Bonchev–Trinajstić information content (AvgIpc) is 2.96. The van der Waals surface area contributed by atoms with E-state index in [-0.39, 0.29) is 6.04 Å². The zero-order valence-electron chi connectivity index (χ0n) is 15.8. The molecule has 0 aliphatic rings. The number of nitrogen functional groups attached to an aromatic ring is 1. The van der Waals surface area contributed by atoms with Crippen LogP contribution in [0.4, 0.5) is 17.5 Å². The summed E-state index contributed by atoms with van der Waals surface area (Å²) in [6.07, 6.45) is 1.68. The van der Waals surface area contributed by atoms with Gasteiger partial charge in [-0.3, -0.25) is 0 Å². The lowest BCUT2D eigenvalue weighted by atomic mass is 10.0. The Morgan fingerprint density at radius 1 is 1.33 bits per heavy atom. The molecule has 1 atom stereocenters. The molecule has 0 radical (unpaired) electrons. The summed E-state index contributed by atoms with van der Waals surface area (Å²) in [5, 5.41) is 17.2. The third-order valence-electron chi connectivity index (χ3n) is 4.52. The van der Waals surface area contributed by atoms with E-state index >= 15 is 0 Å². The number of imidazole rings is 1. The van der Waals surface area contributed by atoms with E-state index in [9.17, 15) is 5.11 Å². The second kappa shape index (κ2) is 7.21. The smallest absolute Gasteiger partial charge is 0.227 e. The molecule has 144 valence electrons. The molecule has 0 aliphatic carbocycles. The topological polar surface area (TPSA) is 114 Å². The molecule has 0 aliphatic heterocycles. The van der Waals surface area contributed by atoms with Crippen LogP contribution in [0.15, 0.2) is 24.5 Å². The molecule has 0 amide bonds. The number of rotatable bonds is 6. The summed E-state index contributed by atoms with van der Waals surface area (Å²) >= 11 is 6.06. The molecular weight excluding hydrogens is 366 g/mol. The highest BCUT2D eigenvalue weighted by Crippen LogP contribution is 2.24. The van der Waals surface area contributed by atoms with Gasteiger partial charge in [-0.15, -0.1) is 0 Å². The molecule has 2 aromatic heterocycles. The summed E-state index contributed by atoms with van der Waals surface area (Å²) in [4.78, 5) is 13.4. The molecule has 0 saturated heterocycles. The molecule has 5 N–H and O–H groups in total. The first-order chi connectivity index (χ1) is 12.6. The molecule has 0 saturated carbocycles. The van der Waals surface area contributed by atoms with E-state index in [1.54, 1.807) is 32.3 Å². The Labute approximate surface area is 162 Å². The molecule has 0 fully saturated rings. The molecule has 0 bridgehead atoms. The van der Waals surface area contributed by atoms with Gasteiger partial charge < -0.3 is 26.0 Å². The molecule has 2 heterocycles. The van der Waals surface area contributed by atoms with Gasteiger partial charge in [0.05, 0.1) is 18.0 Å². The predicted molar refractivity (Wildman–Crippen MR) is 109 cm³/mol. The van der Waals surface area contributed by atoms with Crippen LogP contribution in [0.3, 0.4) is 0 Å². The lowest BCUT2D eigenvalue weighted by Gasteiger charge is -2.26. The lowest BCUT2D eigenvalue weighted by Crippen LogP contribution is -2.39. The van der Waals surface area contributed by atoms with E-state index in [0.29, 0.717) is 40.2 Å². The standard InChI is InChI=1S/C18H24ClN7O/c1-10(18(2,3)27)23-17-24-15(14-16(25-17)26(4)9-22-14)21-8-11-7-12(19)5-6-13(11)20/h5-7,9-10,27H,8,20H2,1-4H3,(H2,21,23,24,25). The maximum atomic E-state index is 10.2. The minimum absolute atomic E-state index is 0.250. The van der Waals surface area contributed by atoms with Crippen molar-refractivity contribution in [1.82, 2.24) is 19.5 Å². The van der Waals surface area contributed by atoms with Crippen LogP contribution in [0.1, 0.15) is 26.3 Å². The average molecular weight is 390 g/mol. The molecule has 9 heteroatoms. The highest BCUT2D eigenvalue weighted by atomic mass is 35.5. The maximum absolute atomic E-state index is 10.2. The van der Waals surface area contributed by atoms with Crippen LogP contribution in [0.2, 0.25) is 5.02 Å². The molecule has 0 spiro atoms. The fourth-order valence-corrected chi connectivity index (χ4v) is 2.67. The number of hydrogen-bond acceptors (Lipinski definition) is 7. The first-order valence-corrected chi connectivity index (χ1v) is 8.98. The Morgan fingerprint density at radius 2 is 2.07 bits per heavy atom. The molecule has 8 nitrogen and oxygen atoms in total. The van der Waals surface area contributed by atoms with Gasteiger partial charge in [0.1, 0.15) is 0 Å². The quantitative estimate of drug-likeness (QED) is 0.479. The van der Waals surface area contributed by atoms with Crippen molar-refractivity contribution >= 4 is 40.2 Å². The van der Waals surface area contributed by atoms with Crippen LogP contribution in [0.5, 0.6) is 0 Å². The van der Waals surface area contributed by atoms with Crippen molar-refractivity contribution in [2.24, 2.45) is 7.05 Å². The summed E-state index contributed by atoms with van der Waals surface area (Å²) in [6, 6.07) is 5.09. The summed E-state index contributed by atoms with van der Waals surface area (Å²) in [5.41, 5.74) is 7.94. The van der Waals surface area contributed by atoms with Crippen molar-refractivity contribution in [2.75, 3.05) is 16.4 Å². The van der Waals surface area contributed by atoms with Crippen LogP contribution in [-0.4, -0.2) is 36.3 Å². The number of fused-ring (bicyclic) bond motifs is 1. The Hall–Kier alpha value is -2.58. The van der Waals surface area contributed by atoms with E-state index in [0.717, 1.165) is 5.56 Å². The molecule has 3 rings (SSSR count). The minimum Gasteiger partial charge on any atom is -0.398 e. The van der Waals surface area contributed by atoms with Gasteiger partial charge in [-0.05, 0) is 44.5 Å². The van der Waals surface area contributed by atoms with Gasteiger partial charge in [0, 0.05) is 24.3 Å². The normalized spacial score (nSPS) is 13.0. The van der Waals surface area contributed by atoms with Crippen molar-refractivity contribution in [3.63, 3.8) is 0 Å². The van der Waals surface area contributed by atoms with E-state index < -0.39 is 5.60 Å². The zero-order valence-corrected chi connectivity index (χ0v) is 16.5. The molecule has 3 aromatic rings. The zero-order chi connectivity index (χ0) is 19.8. The van der Waals surface area contributed by atoms with Crippen molar-refractivity contribution in [3.8, 4) is 0 Å². The van der Waals surface area contributed by atoms with Crippen LogP contribution < -0.4 is 16.4 Å². The first-order valence-electron chi connectivity index (χ1n) is 8.61. The minimum atomic E-state index is -0.923. The van der Waals surface area contributed by atoms with Gasteiger partial charge in [0.2, 0.25) is 5.95 Å². The summed E-state index contributed by atoms with van der Waals surface area (Å²) < 4.78 is 1.82. The fraction of sp³-hybridized carbons (Fsp3) is 0.389. The number of benzene rings is 1. The van der Waals surface area contributed by atoms with Crippen LogP contribution in [-0.2, 0) is 13.6 Å². The first kappa shape index (κ1) is 19.2. The number of nitrogens with one attached hydrogen (secondary N) is 2. The molecule has 1 aromatic carbocycles. The third-order valence-corrected chi connectivity index (χ3v) is 4.75. The van der Waals surface area contributed by atoms with Gasteiger partial charge >= 0.3 is 0 Å². The number of nitrogens with zero attached hydrogens (tertiary/aromatic N) is 4. The maximum Gasteiger partial charge on any atom is 0.227 e. The number of nitrogens with two attached hydrogens (primary N) is 1. The van der Waals surface area contributed by atoms with Gasteiger partial charge in [-0.2, -0.15) is 9.97 Å².